The number of aliphatic hydroxyl groups excluding tert-OH is 1. The van der Waals surface area contributed by atoms with Crippen molar-refractivity contribution in [1.82, 2.24) is 0 Å². The highest BCUT2D eigenvalue weighted by atomic mass is 16.6. The molecule has 0 heterocycles. The molecule has 1 N–H and O–H groups in total. The van der Waals surface area contributed by atoms with E-state index in [1.807, 2.05) is 65.0 Å². The molecule has 0 spiro atoms. The Labute approximate surface area is 153 Å². The highest BCUT2D eigenvalue weighted by Crippen LogP contribution is 2.29. The number of carbonyl (C=O) groups is 1. The van der Waals surface area contributed by atoms with Crippen molar-refractivity contribution in [2.75, 3.05) is 6.61 Å². The summed E-state index contributed by atoms with van der Waals surface area (Å²) in [5.41, 5.74) is -0.0638. The Kier molecular flexibility index (Phi) is 4.43. The average Bonchev–Trinajstić information content (AvgIpc) is 2.96. The van der Waals surface area contributed by atoms with E-state index in [2.05, 4.69) is 18.2 Å². The number of ether oxygens (including phenoxy) is 1. The summed E-state index contributed by atoms with van der Waals surface area (Å²) in [4.78, 5) is 12.5. The number of hydrogen-bond acceptors (Lipinski definition) is 3. The number of hydrogen-bond donors (Lipinski definition) is 1. The summed E-state index contributed by atoms with van der Waals surface area (Å²) in [5, 5.41) is 14.5. The van der Waals surface area contributed by atoms with Crippen LogP contribution in [0.3, 0.4) is 0 Å². The van der Waals surface area contributed by atoms with E-state index < -0.39 is 10.8 Å². The van der Waals surface area contributed by atoms with E-state index in [1.54, 1.807) is 0 Å². The van der Waals surface area contributed by atoms with Crippen molar-refractivity contribution < 1.29 is 14.6 Å². The molecule has 0 unspecified atom stereocenters. The lowest BCUT2D eigenvalue weighted by molar-refractivity contribution is -0.137. The molecular weight excluding hydrogens is 324 g/mol. The van der Waals surface area contributed by atoms with Crippen LogP contribution in [0.4, 0.5) is 0 Å². The maximum atomic E-state index is 12.5. The Hall–Kier alpha value is -2.55. The Morgan fingerprint density at radius 3 is 2.38 bits per heavy atom. The zero-order valence-electron chi connectivity index (χ0n) is 16.1. The highest BCUT2D eigenvalue weighted by Gasteiger charge is 2.36. The molecule has 2 aromatic carbocycles. The van der Waals surface area contributed by atoms with Crippen molar-refractivity contribution in [3.05, 3.63) is 68.9 Å². The highest BCUT2D eigenvalue weighted by molar-refractivity contribution is 5.88. The molecule has 1 aliphatic carbocycles. The van der Waals surface area contributed by atoms with Crippen LogP contribution in [0.2, 0.25) is 0 Å². The van der Waals surface area contributed by atoms with Gasteiger partial charge in [0.2, 0.25) is 0 Å². The van der Waals surface area contributed by atoms with Gasteiger partial charge in [0.25, 0.3) is 5.95 Å². The van der Waals surface area contributed by atoms with Gasteiger partial charge in [0.05, 0.1) is 10.6 Å². The second-order valence-corrected chi connectivity index (χ2v) is 8.59. The first-order valence-electron chi connectivity index (χ1n) is 8.92. The van der Waals surface area contributed by atoms with Gasteiger partial charge >= 0.3 is 0 Å². The monoisotopic (exact) mass is 350 g/mol. The molecule has 3 nitrogen and oxygen atoms in total. The summed E-state index contributed by atoms with van der Waals surface area (Å²) in [6, 6.07) is 14.0. The fourth-order valence-corrected chi connectivity index (χ4v) is 3.51. The fraction of sp³-hybridized carbons (Fsp3) is 0.348. The van der Waals surface area contributed by atoms with Crippen LogP contribution >= 0.6 is 0 Å². The molecule has 0 aromatic heterocycles. The maximum absolute atomic E-state index is 12.5. The first kappa shape index (κ1) is 18.2. The summed E-state index contributed by atoms with van der Waals surface area (Å²) in [6.45, 7) is 9.52. The molecule has 136 valence electrons. The average molecular weight is 350 g/mol. The van der Waals surface area contributed by atoms with Crippen LogP contribution in [0.25, 0.3) is 12.0 Å². The minimum absolute atomic E-state index is 0.107. The molecule has 3 rings (SSSR count). The van der Waals surface area contributed by atoms with Gasteiger partial charge in [0.15, 0.2) is 0 Å². The molecule has 0 radical (unpaired) electrons. The standard InChI is InChI=1S/C23H26O3/c1-22(2,3)21(25)23(4,5)14-26-20(24)16-10-11-19-17(13-16)12-15-8-6-7-9-18(15)19/h6-13,24H,14H2,1-5H3. The summed E-state index contributed by atoms with van der Waals surface area (Å²) >= 11 is 0. The van der Waals surface area contributed by atoms with Gasteiger partial charge in [-0.05, 0) is 53.3 Å². The number of rotatable bonds is 4. The predicted octanol–water partition coefficient (Wildman–Crippen LogP) is 3.40. The lowest BCUT2D eigenvalue weighted by atomic mass is 9.75. The van der Waals surface area contributed by atoms with E-state index in [1.165, 1.54) is 10.4 Å². The Morgan fingerprint density at radius 1 is 1.00 bits per heavy atom. The quantitative estimate of drug-likeness (QED) is 0.784. The van der Waals surface area contributed by atoms with Crippen LogP contribution in [0.15, 0.2) is 42.5 Å². The van der Waals surface area contributed by atoms with E-state index in [-0.39, 0.29) is 18.3 Å². The largest absolute Gasteiger partial charge is 0.481 e. The SMILES string of the molecule is CC(C)(C)C(=O)C(C)(C)COC(O)=c1ccc2c(c1)C=c1ccccc1=2. The van der Waals surface area contributed by atoms with Gasteiger partial charge in [-0.3, -0.25) is 4.79 Å². The minimum Gasteiger partial charge on any atom is -0.481 e. The molecule has 0 bridgehead atoms. The molecule has 3 heteroatoms. The Morgan fingerprint density at radius 2 is 1.69 bits per heavy atom. The predicted molar refractivity (Wildman–Crippen MR) is 104 cm³/mol. The molecule has 0 saturated carbocycles. The van der Waals surface area contributed by atoms with Crippen molar-refractivity contribution in [3.8, 4) is 0 Å². The van der Waals surface area contributed by atoms with Gasteiger partial charge in [-0.2, -0.15) is 0 Å². The molecule has 1 aliphatic rings. The van der Waals surface area contributed by atoms with Crippen molar-refractivity contribution in [2.24, 2.45) is 10.8 Å². The maximum Gasteiger partial charge on any atom is 0.284 e. The van der Waals surface area contributed by atoms with Crippen molar-refractivity contribution in [2.45, 2.75) is 34.6 Å². The van der Waals surface area contributed by atoms with Gasteiger partial charge in [0, 0.05) is 5.41 Å². The summed E-state index contributed by atoms with van der Waals surface area (Å²) in [5.74, 6) is -0.0394. The van der Waals surface area contributed by atoms with Crippen molar-refractivity contribution >= 4 is 17.8 Å². The smallest absolute Gasteiger partial charge is 0.284 e. The third-order valence-electron chi connectivity index (χ3n) is 4.73. The van der Waals surface area contributed by atoms with Gasteiger partial charge in [0.1, 0.15) is 12.4 Å². The third kappa shape index (κ3) is 3.39. The Balaban J connectivity index is 1.90. The van der Waals surface area contributed by atoms with Crippen LogP contribution in [0.5, 0.6) is 0 Å². The normalized spacial score (nSPS) is 14.2. The third-order valence-corrected chi connectivity index (χ3v) is 4.73. The van der Waals surface area contributed by atoms with E-state index in [0.29, 0.717) is 5.22 Å². The molecule has 0 aliphatic heterocycles. The van der Waals surface area contributed by atoms with Crippen LogP contribution in [-0.4, -0.2) is 17.5 Å². The molecule has 0 amide bonds. The fourth-order valence-electron chi connectivity index (χ4n) is 3.51. The van der Waals surface area contributed by atoms with Crippen molar-refractivity contribution in [1.29, 1.82) is 0 Å². The first-order valence-corrected chi connectivity index (χ1v) is 8.92. The first-order chi connectivity index (χ1) is 12.1. The number of carbonyl (C=O) groups excluding carboxylic acids is 1. The molecule has 2 aromatic rings. The second kappa shape index (κ2) is 6.31. The van der Waals surface area contributed by atoms with Crippen LogP contribution < -0.4 is 10.4 Å². The lowest BCUT2D eigenvalue weighted by Gasteiger charge is -2.30. The number of ketones is 1. The molecular formula is C23H26O3. The minimum atomic E-state index is -0.675. The zero-order chi connectivity index (χ0) is 19.1. The number of aliphatic hydroxyl groups is 1. The molecule has 0 saturated heterocycles. The number of Topliss-reactive ketones (excluding diaryl/α,β-unsaturated/α-hetero) is 1. The lowest BCUT2D eigenvalue weighted by Crippen LogP contribution is -2.38. The van der Waals surface area contributed by atoms with E-state index in [0.717, 1.165) is 10.8 Å². The van der Waals surface area contributed by atoms with E-state index >= 15 is 0 Å². The van der Waals surface area contributed by atoms with E-state index in [9.17, 15) is 9.90 Å². The topological polar surface area (TPSA) is 46.5 Å². The second-order valence-electron chi connectivity index (χ2n) is 8.59. The van der Waals surface area contributed by atoms with Gasteiger partial charge < -0.3 is 9.84 Å². The van der Waals surface area contributed by atoms with Crippen LogP contribution in [-0.2, 0) is 9.53 Å². The summed E-state index contributed by atoms with van der Waals surface area (Å²) in [6.07, 6.45) is 2.11. The molecule has 0 atom stereocenters. The zero-order valence-corrected chi connectivity index (χ0v) is 16.1. The van der Waals surface area contributed by atoms with Gasteiger partial charge in [-0.25, -0.2) is 0 Å². The van der Waals surface area contributed by atoms with Crippen LogP contribution in [0, 0.1) is 21.3 Å². The number of fused-ring (bicyclic) bond motifs is 2. The number of benzene rings is 2. The van der Waals surface area contributed by atoms with Gasteiger partial charge in [-0.15, -0.1) is 0 Å². The van der Waals surface area contributed by atoms with E-state index in [4.69, 9.17) is 4.74 Å². The van der Waals surface area contributed by atoms with Gasteiger partial charge in [-0.1, -0.05) is 51.1 Å². The summed E-state index contributed by atoms with van der Waals surface area (Å²) in [7, 11) is 0. The molecule has 0 fully saturated rings. The molecule has 26 heavy (non-hydrogen) atoms. The van der Waals surface area contributed by atoms with Crippen LogP contribution in [0.1, 0.15) is 40.2 Å². The van der Waals surface area contributed by atoms with Crippen molar-refractivity contribution in [3.63, 3.8) is 0 Å². The summed E-state index contributed by atoms with van der Waals surface area (Å²) < 4.78 is 5.58. The Bertz CT molecular complexity index is 1070.